The number of sulfone groups is 1. The number of halogens is 1. The molecule has 27 heavy (non-hydrogen) atoms. The molecule has 142 valence electrons. The van der Waals surface area contributed by atoms with Crippen LogP contribution in [-0.4, -0.2) is 41.7 Å². The van der Waals surface area contributed by atoms with Crippen LogP contribution in [0.4, 0.5) is 5.69 Å². The van der Waals surface area contributed by atoms with Gasteiger partial charge in [-0.15, -0.1) is 0 Å². The highest BCUT2D eigenvalue weighted by atomic mass is 35.5. The molecule has 0 spiro atoms. The van der Waals surface area contributed by atoms with Crippen LogP contribution < -0.4 is 0 Å². The molecule has 0 bridgehead atoms. The number of hydrogen-bond donors (Lipinski definition) is 0. The van der Waals surface area contributed by atoms with Crippen LogP contribution in [0.1, 0.15) is 22.3 Å². The van der Waals surface area contributed by atoms with E-state index >= 15 is 0 Å². The monoisotopic (exact) mass is 408 g/mol. The van der Waals surface area contributed by atoms with E-state index < -0.39 is 20.8 Å². The molecular weight excluding hydrogens is 392 g/mol. The van der Waals surface area contributed by atoms with Crippen molar-refractivity contribution in [3.63, 3.8) is 0 Å². The van der Waals surface area contributed by atoms with Crippen LogP contribution in [-0.2, 0) is 16.4 Å². The van der Waals surface area contributed by atoms with Gasteiger partial charge in [-0.3, -0.25) is 14.9 Å². The molecule has 2 aromatic carbocycles. The lowest BCUT2D eigenvalue weighted by molar-refractivity contribution is -0.384. The Bertz CT molecular complexity index is 958. The van der Waals surface area contributed by atoms with Gasteiger partial charge in [-0.1, -0.05) is 23.7 Å². The van der Waals surface area contributed by atoms with E-state index in [2.05, 4.69) is 0 Å². The van der Waals surface area contributed by atoms with Crippen LogP contribution in [0.3, 0.4) is 0 Å². The van der Waals surface area contributed by atoms with Crippen molar-refractivity contribution in [2.24, 2.45) is 0 Å². The Labute approximate surface area is 161 Å². The predicted molar refractivity (Wildman–Crippen MR) is 101 cm³/mol. The second kappa shape index (κ2) is 7.66. The first kappa shape index (κ1) is 19.3. The summed E-state index contributed by atoms with van der Waals surface area (Å²) in [6.45, 7) is 0.229. The molecule has 1 atom stereocenters. The van der Waals surface area contributed by atoms with Gasteiger partial charge >= 0.3 is 0 Å². The van der Waals surface area contributed by atoms with E-state index in [1.165, 1.54) is 29.2 Å². The van der Waals surface area contributed by atoms with Crippen molar-refractivity contribution in [1.82, 2.24) is 4.90 Å². The van der Waals surface area contributed by atoms with E-state index in [4.69, 9.17) is 11.6 Å². The van der Waals surface area contributed by atoms with Gasteiger partial charge in [0.1, 0.15) is 0 Å². The molecule has 1 aliphatic heterocycles. The fourth-order valence-corrected chi connectivity index (χ4v) is 4.92. The van der Waals surface area contributed by atoms with E-state index in [0.717, 1.165) is 5.56 Å². The van der Waals surface area contributed by atoms with Gasteiger partial charge in [0.05, 0.1) is 16.4 Å². The predicted octanol–water partition coefficient (Wildman–Crippen LogP) is 3.08. The van der Waals surface area contributed by atoms with Crippen LogP contribution in [0.2, 0.25) is 5.02 Å². The number of carbonyl (C=O) groups excluding carboxylic acids is 1. The quantitative estimate of drug-likeness (QED) is 0.559. The minimum atomic E-state index is -3.18. The molecule has 0 N–H and O–H groups in total. The highest BCUT2D eigenvalue weighted by Crippen LogP contribution is 2.24. The zero-order valence-electron chi connectivity index (χ0n) is 14.2. The van der Waals surface area contributed by atoms with E-state index in [-0.39, 0.29) is 35.2 Å². The fraction of sp³-hybridized carbons (Fsp3) is 0.278. The lowest BCUT2D eigenvalue weighted by atomic mass is 10.1. The molecule has 0 radical (unpaired) electrons. The maximum atomic E-state index is 13.0. The smallest absolute Gasteiger partial charge is 0.269 e. The van der Waals surface area contributed by atoms with Crippen molar-refractivity contribution in [3.05, 3.63) is 74.8 Å². The molecule has 0 unspecified atom stereocenters. The molecule has 7 nitrogen and oxygen atoms in total. The molecule has 1 fully saturated rings. The normalized spacial score (nSPS) is 18.2. The summed E-state index contributed by atoms with van der Waals surface area (Å²) in [7, 11) is -3.18. The molecule has 0 saturated carbocycles. The fourth-order valence-electron chi connectivity index (χ4n) is 3.07. The molecule has 9 heteroatoms. The van der Waals surface area contributed by atoms with Gasteiger partial charge < -0.3 is 4.90 Å². The van der Waals surface area contributed by atoms with Crippen molar-refractivity contribution >= 4 is 33.0 Å². The third-order valence-corrected chi connectivity index (χ3v) is 6.50. The highest BCUT2D eigenvalue weighted by molar-refractivity contribution is 7.91. The average Bonchev–Trinajstić information content (AvgIpc) is 3.00. The van der Waals surface area contributed by atoms with Crippen molar-refractivity contribution in [2.75, 3.05) is 11.5 Å². The standard InChI is InChI=1S/C18H17ClN2O5S/c19-15-5-1-13(2-6-15)11-20(17-9-10-27(25,26)12-17)18(22)14-3-7-16(8-4-14)21(23)24/h1-8,17H,9-12H2/t17-/m1/s1. The Morgan fingerprint density at radius 3 is 2.30 bits per heavy atom. The summed E-state index contributed by atoms with van der Waals surface area (Å²) >= 11 is 5.90. The number of amides is 1. The number of hydrogen-bond acceptors (Lipinski definition) is 5. The van der Waals surface area contributed by atoms with E-state index in [1.54, 1.807) is 24.3 Å². The summed E-state index contributed by atoms with van der Waals surface area (Å²) in [5, 5.41) is 11.4. The minimum absolute atomic E-state index is 0.0440. The van der Waals surface area contributed by atoms with Gasteiger partial charge in [-0.2, -0.15) is 0 Å². The number of carbonyl (C=O) groups is 1. The molecule has 0 aliphatic carbocycles. The Morgan fingerprint density at radius 1 is 1.15 bits per heavy atom. The molecule has 1 heterocycles. The maximum absolute atomic E-state index is 13.0. The zero-order valence-corrected chi connectivity index (χ0v) is 15.8. The van der Waals surface area contributed by atoms with Gasteiger partial charge in [0.2, 0.25) is 0 Å². The largest absolute Gasteiger partial charge is 0.330 e. The third kappa shape index (κ3) is 4.64. The number of rotatable bonds is 5. The lowest BCUT2D eigenvalue weighted by Crippen LogP contribution is -2.40. The minimum Gasteiger partial charge on any atom is -0.330 e. The first-order chi connectivity index (χ1) is 12.7. The summed E-state index contributed by atoms with van der Waals surface area (Å²) < 4.78 is 23.8. The van der Waals surface area contributed by atoms with Crippen LogP contribution >= 0.6 is 11.6 Å². The Kier molecular flexibility index (Phi) is 5.48. The summed E-state index contributed by atoms with van der Waals surface area (Å²) in [5.41, 5.74) is 0.983. The van der Waals surface area contributed by atoms with E-state index in [1.807, 2.05) is 0 Å². The third-order valence-electron chi connectivity index (χ3n) is 4.50. The molecule has 1 amide bonds. The van der Waals surface area contributed by atoms with Crippen molar-refractivity contribution in [1.29, 1.82) is 0 Å². The van der Waals surface area contributed by atoms with E-state index in [0.29, 0.717) is 11.4 Å². The number of nitro benzene ring substituents is 1. The summed E-state index contributed by atoms with van der Waals surface area (Å²) in [6, 6.07) is 11.8. The van der Waals surface area contributed by atoms with Crippen LogP contribution in [0.15, 0.2) is 48.5 Å². The molecule has 0 aromatic heterocycles. The number of nitro groups is 1. The Balaban J connectivity index is 1.89. The Morgan fingerprint density at radius 2 is 1.78 bits per heavy atom. The molecule has 1 saturated heterocycles. The van der Waals surface area contributed by atoms with Gasteiger partial charge in [-0.25, -0.2) is 8.42 Å². The second-order valence-electron chi connectivity index (χ2n) is 6.42. The molecule has 1 aliphatic rings. The van der Waals surface area contributed by atoms with Gasteiger partial charge in [0.15, 0.2) is 9.84 Å². The molecule has 3 rings (SSSR count). The van der Waals surface area contributed by atoms with Gasteiger partial charge in [-0.05, 0) is 36.2 Å². The number of nitrogens with zero attached hydrogens (tertiary/aromatic N) is 2. The first-order valence-corrected chi connectivity index (χ1v) is 10.5. The lowest BCUT2D eigenvalue weighted by Gasteiger charge is -2.28. The van der Waals surface area contributed by atoms with Gasteiger partial charge in [0, 0.05) is 35.3 Å². The maximum Gasteiger partial charge on any atom is 0.269 e. The first-order valence-electron chi connectivity index (χ1n) is 8.25. The number of benzene rings is 2. The van der Waals surface area contributed by atoms with Crippen molar-refractivity contribution in [3.8, 4) is 0 Å². The van der Waals surface area contributed by atoms with Crippen LogP contribution in [0.5, 0.6) is 0 Å². The van der Waals surface area contributed by atoms with Crippen molar-refractivity contribution < 1.29 is 18.1 Å². The van der Waals surface area contributed by atoms with E-state index in [9.17, 15) is 23.3 Å². The zero-order chi connectivity index (χ0) is 19.6. The summed E-state index contributed by atoms with van der Waals surface area (Å²) in [6.07, 6.45) is 0.370. The summed E-state index contributed by atoms with van der Waals surface area (Å²) in [5.74, 6) is -0.399. The summed E-state index contributed by atoms with van der Waals surface area (Å²) in [4.78, 5) is 24.8. The SMILES string of the molecule is O=C(c1ccc([N+](=O)[O-])cc1)N(Cc1ccc(Cl)cc1)[C@@H]1CCS(=O)(=O)C1. The number of non-ortho nitro benzene ring substituents is 1. The topological polar surface area (TPSA) is 97.6 Å². The Hall–Kier alpha value is -2.45. The van der Waals surface area contributed by atoms with Gasteiger partial charge in [0.25, 0.3) is 11.6 Å². The molecule has 2 aromatic rings. The second-order valence-corrected chi connectivity index (χ2v) is 9.09. The highest BCUT2D eigenvalue weighted by Gasteiger charge is 2.35. The van der Waals surface area contributed by atoms with Crippen LogP contribution in [0.25, 0.3) is 0 Å². The van der Waals surface area contributed by atoms with Crippen molar-refractivity contribution in [2.45, 2.75) is 19.0 Å². The average molecular weight is 409 g/mol. The van der Waals surface area contributed by atoms with Crippen LogP contribution in [0, 0.1) is 10.1 Å². The molecular formula is C18H17ClN2O5S.